The van der Waals surface area contributed by atoms with Crippen LogP contribution < -0.4 is 10.1 Å². The lowest BCUT2D eigenvalue weighted by molar-refractivity contribution is 0.0600. The summed E-state index contributed by atoms with van der Waals surface area (Å²) in [6, 6.07) is 21.8. The van der Waals surface area contributed by atoms with Gasteiger partial charge in [0, 0.05) is 25.1 Å². The van der Waals surface area contributed by atoms with Gasteiger partial charge in [-0.15, -0.1) is 0 Å². The highest BCUT2D eigenvalue weighted by Crippen LogP contribution is 2.25. The van der Waals surface area contributed by atoms with Gasteiger partial charge in [0.15, 0.2) is 0 Å². The van der Waals surface area contributed by atoms with Crippen molar-refractivity contribution < 1.29 is 19.0 Å². The van der Waals surface area contributed by atoms with Gasteiger partial charge in [-0.2, -0.15) is 0 Å². The fourth-order valence-corrected chi connectivity index (χ4v) is 3.32. The largest absolute Gasteiger partial charge is 0.489 e. The molecule has 3 aromatic rings. The van der Waals surface area contributed by atoms with E-state index in [1.807, 2.05) is 36.4 Å². The molecule has 31 heavy (non-hydrogen) atoms. The summed E-state index contributed by atoms with van der Waals surface area (Å²) >= 11 is 0. The quantitative estimate of drug-likeness (QED) is 0.482. The minimum Gasteiger partial charge on any atom is -0.489 e. The zero-order valence-corrected chi connectivity index (χ0v) is 18.3. The Balaban J connectivity index is 1.78. The number of nitrogens with one attached hydrogen (secondary N) is 1. The number of ether oxygens (including phenoxy) is 3. The van der Waals surface area contributed by atoms with E-state index in [9.17, 15) is 4.79 Å². The standard InChI is InChI=1S/C26H29NO4/c1-19(17-29-2)27-16-21(15-20-11-13-23(14-12-20)26(28)30-3)18-31-25-10-6-8-22-7-4-5-9-24(22)25/h4-15,19,27H,16-18H2,1-3H3. The van der Waals surface area contributed by atoms with E-state index in [0.29, 0.717) is 25.3 Å². The number of carbonyl (C=O) groups is 1. The molecule has 0 spiro atoms. The molecule has 5 heteroatoms. The molecule has 162 valence electrons. The molecule has 0 fully saturated rings. The van der Waals surface area contributed by atoms with Crippen LogP contribution in [0.15, 0.2) is 72.3 Å². The fraction of sp³-hybridized carbons (Fsp3) is 0.269. The Morgan fingerprint density at radius 2 is 1.74 bits per heavy atom. The predicted molar refractivity (Wildman–Crippen MR) is 125 cm³/mol. The summed E-state index contributed by atoms with van der Waals surface area (Å²) in [5, 5.41) is 5.71. The molecule has 0 aliphatic carbocycles. The molecule has 0 bridgehead atoms. The Morgan fingerprint density at radius 3 is 2.48 bits per heavy atom. The monoisotopic (exact) mass is 419 g/mol. The molecule has 0 saturated heterocycles. The molecule has 5 nitrogen and oxygen atoms in total. The maximum Gasteiger partial charge on any atom is 0.337 e. The number of hydrogen-bond acceptors (Lipinski definition) is 5. The first-order chi connectivity index (χ1) is 15.1. The molecule has 3 aromatic carbocycles. The second-order valence-electron chi connectivity index (χ2n) is 7.42. The van der Waals surface area contributed by atoms with Crippen molar-refractivity contribution in [3.8, 4) is 5.75 Å². The Labute approximate surface area is 183 Å². The van der Waals surface area contributed by atoms with Gasteiger partial charge in [-0.3, -0.25) is 0 Å². The van der Waals surface area contributed by atoms with Crippen LogP contribution >= 0.6 is 0 Å². The number of esters is 1. The fourth-order valence-electron chi connectivity index (χ4n) is 3.32. The number of methoxy groups -OCH3 is 2. The Bertz CT molecular complexity index is 1020. The molecule has 1 N–H and O–H groups in total. The van der Waals surface area contributed by atoms with Gasteiger partial charge >= 0.3 is 5.97 Å². The minimum atomic E-state index is -0.343. The van der Waals surface area contributed by atoms with Gasteiger partial charge in [-0.05, 0) is 41.6 Å². The van der Waals surface area contributed by atoms with Crippen molar-refractivity contribution in [2.24, 2.45) is 0 Å². The molecule has 0 aliphatic rings. The number of hydrogen-bond donors (Lipinski definition) is 1. The molecule has 1 atom stereocenters. The van der Waals surface area contributed by atoms with E-state index < -0.39 is 0 Å². The van der Waals surface area contributed by atoms with Crippen LogP contribution in [0.3, 0.4) is 0 Å². The van der Waals surface area contributed by atoms with Crippen molar-refractivity contribution >= 4 is 22.8 Å². The van der Waals surface area contributed by atoms with E-state index in [2.05, 4.69) is 36.5 Å². The highest BCUT2D eigenvalue weighted by molar-refractivity contribution is 5.89. The molecule has 1 unspecified atom stereocenters. The number of benzene rings is 3. The third-order valence-corrected chi connectivity index (χ3v) is 4.96. The second-order valence-corrected chi connectivity index (χ2v) is 7.42. The molecule has 0 aromatic heterocycles. The lowest BCUT2D eigenvalue weighted by atomic mass is 10.1. The zero-order chi connectivity index (χ0) is 22.1. The molecule has 0 radical (unpaired) electrons. The summed E-state index contributed by atoms with van der Waals surface area (Å²) in [5.74, 6) is 0.514. The summed E-state index contributed by atoms with van der Waals surface area (Å²) < 4.78 is 16.2. The maximum absolute atomic E-state index is 11.7. The summed E-state index contributed by atoms with van der Waals surface area (Å²) in [6.07, 6.45) is 2.08. The van der Waals surface area contributed by atoms with E-state index in [1.54, 1.807) is 19.2 Å². The highest BCUT2D eigenvalue weighted by atomic mass is 16.5. The lowest BCUT2D eigenvalue weighted by Crippen LogP contribution is -2.32. The third-order valence-electron chi connectivity index (χ3n) is 4.96. The predicted octanol–water partition coefficient (Wildman–Crippen LogP) is 4.71. The Hall–Kier alpha value is -3.15. The van der Waals surface area contributed by atoms with Crippen LogP contribution in [0.5, 0.6) is 5.75 Å². The summed E-state index contributed by atoms with van der Waals surface area (Å²) in [6.45, 7) is 3.82. The van der Waals surface area contributed by atoms with E-state index >= 15 is 0 Å². The van der Waals surface area contributed by atoms with Gasteiger partial charge in [0.1, 0.15) is 12.4 Å². The molecule has 0 saturated carbocycles. The molecule has 0 amide bonds. The summed E-state index contributed by atoms with van der Waals surface area (Å²) in [4.78, 5) is 11.7. The van der Waals surface area contributed by atoms with E-state index in [4.69, 9.17) is 14.2 Å². The lowest BCUT2D eigenvalue weighted by Gasteiger charge is -2.16. The van der Waals surface area contributed by atoms with Gasteiger partial charge in [-0.1, -0.05) is 54.6 Å². The van der Waals surface area contributed by atoms with Crippen LogP contribution in [-0.2, 0) is 9.47 Å². The van der Waals surface area contributed by atoms with Crippen molar-refractivity contribution in [2.75, 3.05) is 34.0 Å². The number of fused-ring (bicyclic) bond motifs is 1. The molecular weight excluding hydrogens is 390 g/mol. The first-order valence-corrected chi connectivity index (χ1v) is 10.3. The van der Waals surface area contributed by atoms with Crippen LogP contribution in [-0.4, -0.2) is 46.0 Å². The van der Waals surface area contributed by atoms with Crippen LogP contribution in [0.4, 0.5) is 0 Å². The number of carbonyl (C=O) groups excluding carboxylic acids is 1. The van der Waals surface area contributed by atoms with Crippen molar-refractivity contribution in [1.82, 2.24) is 5.32 Å². The minimum absolute atomic E-state index is 0.215. The molecular formula is C26H29NO4. The smallest absolute Gasteiger partial charge is 0.337 e. The van der Waals surface area contributed by atoms with Crippen molar-refractivity contribution in [3.63, 3.8) is 0 Å². The van der Waals surface area contributed by atoms with E-state index in [1.165, 1.54) is 7.11 Å². The topological polar surface area (TPSA) is 56.8 Å². The van der Waals surface area contributed by atoms with E-state index in [-0.39, 0.29) is 12.0 Å². The SMILES string of the molecule is COCC(C)NCC(=Cc1ccc(C(=O)OC)cc1)COc1cccc2ccccc12. The Kier molecular flexibility index (Phi) is 8.21. The molecule has 0 heterocycles. The summed E-state index contributed by atoms with van der Waals surface area (Å²) in [7, 11) is 3.08. The van der Waals surface area contributed by atoms with Crippen LogP contribution in [0.2, 0.25) is 0 Å². The van der Waals surface area contributed by atoms with E-state index in [0.717, 1.165) is 27.7 Å². The maximum atomic E-state index is 11.7. The van der Waals surface area contributed by atoms with Gasteiger partial charge < -0.3 is 19.5 Å². The first kappa shape index (κ1) is 22.5. The molecule has 0 aliphatic heterocycles. The van der Waals surface area contributed by atoms with Crippen molar-refractivity contribution in [2.45, 2.75) is 13.0 Å². The van der Waals surface area contributed by atoms with Gasteiger partial charge in [0.05, 0.1) is 19.3 Å². The average molecular weight is 420 g/mol. The van der Waals surface area contributed by atoms with Crippen LogP contribution in [0, 0.1) is 0 Å². The van der Waals surface area contributed by atoms with Crippen molar-refractivity contribution in [3.05, 3.63) is 83.4 Å². The van der Waals surface area contributed by atoms with Crippen molar-refractivity contribution in [1.29, 1.82) is 0 Å². The van der Waals surface area contributed by atoms with Crippen LogP contribution in [0.1, 0.15) is 22.8 Å². The van der Waals surface area contributed by atoms with Gasteiger partial charge in [-0.25, -0.2) is 4.79 Å². The average Bonchev–Trinajstić information content (AvgIpc) is 2.81. The number of rotatable bonds is 10. The second kappa shape index (κ2) is 11.3. The van der Waals surface area contributed by atoms with Gasteiger partial charge in [0.25, 0.3) is 0 Å². The first-order valence-electron chi connectivity index (χ1n) is 10.3. The van der Waals surface area contributed by atoms with Crippen LogP contribution in [0.25, 0.3) is 16.8 Å². The zero-order valence-electron chi connectivity index (χ0n) is 18.3. The third kappa shape index (κ3) is 6.41. The normalized spacial score (nSPS) is 12.5. The molecule has 3 rings (SSSR count). The highest BCUT2D eigenvalue weighted by Gasteiger charge is 2.08. The Morgan fingerprint density at radius 1 is 1.00 bits per heavy atom. The van der Waals surface area contributed by atoms with Gasteiger partial charge in [0.2, 0.25) is 0 Å². The summed E-state index contributed by atoms with van der Waals surface area (Å²) in [5.41, 5.74) is 2.60.